The van der Waals surface area contributed by atoms with Crippen molar-refractivity contribution in [3.05, 3.63) is 113 Å². The van der Waals surface area contributed by atoms with E-state index in [1.165, 1.54) is 24.3 Å². The first-order valence-electron chi connectivity index (χ1n) is 14.4. The number of nitrogens with one attached hydrogen (secondary N) is 1. The number of fused-ring (bicyclic) bond motifs is 1. The Labute approximate surface area is 251 Å². The third-order valence-corrected chi connectivity index (χ3v) is 9.41. The normalized spacial score (nSPS) is 14.5. The van der Waals surface area contributed by atoms with E-state index >= 15 is 0 Å². The summed E-state index contributed by atoms with van der Waals surface area (Å²) in [5.74, 6) is -0.343. The summed E-state index contributed by atoms with van der Waals surface area (Å²) in [6.45, 7) is 2.12. The number of aliphatic hydroxyl groups is 1. The predicted octanol–water partition coefficient (Wildman–Crippen LogP) is 4.70. The number of aliphatic hydroxyl groups excluding tert-OH is 1. The molecule has 1 aliphatic carbocycles. The molecule has 43 heavy (non-hydrogen) atoms. The van der Waals surface area contributed by atoms with Gasteiger partial charge in [-0.2, -0.15) is 0 Å². The number of carbonyl (C=O) groups is 2. The Kier molecular flexibility index (Phi) is 9.37. The molecule has 2 atom stereocenters. The van der Waals surface area contributed by atoms with Crippen molar-refractivity contribution in [3.8, 4) is 5.75 Å². The number of nitrogens with zero attached hydrogens (tertiary/aromatic N) is 2. The van der Waals surface area contributed by atoms with Crippen LogP contribution in [0.1, 0.15) is 69.7 Å². The Morgan fingerprint density at radius 3 is 2.51 bits per heavy atom. The average Bonchev–Trinajstić information content (AvgIpc) is 3.54. The van der Waals surface area contributed by atoms with Crippen LogP contribution in [-0.4, -0.2) is 47.4 Å². The summed E-state index contributed by atoms with van der Waals surface area (Å²) >= 11 is 0. The standard InChI is InChI=1S/C33H35N3O6S/c1-2-25(20-37)35-33(39)24-11-13-26(14-12-24)43(40,41)21-29-27-9-6-10-30(38)28(27)15-16-31(29)42-32(19-36-18-17-34-22-36)23-7-4-3-5-8-23/h3-5,7-8,11-18,22,25,32,37H,2,6,9-10,19-21H2,1H3,(H,35,39). The molecular formula is C33H35N3O6S. The van der Waals surface area contributed by atoms with Crippen molar-refractivity contribution in [2.75, 3.05) is 6.61 Å². The van der Waals surface area contributed by atoms with Crippen LogP contribution in [0.5, 0.6) is 5.75 Å². The minimum atomic E-state index is -3.89. The van der Waals surface area contributed by atoms with Crippen molar-refractivity contribution in [1.29, 1.82) is 0 Å². The fourth-order valence-corrected chi connectivity index (χ4v) is 6.71. The third-order valence-electron chi connectivity index (χ3n) is 7.75. The number of imidazole rings is 1. The second kappa shape index (κ2) is 13.4. The first kappa shape index (κ1) is 30.2. The average molecular weight is 602 g/mol. The number of amides is 1. The van der Waals surface area contributed by atoms with Gasteiger partial charge in [0.2, 0.25) is 0 Å². The SMILES string of the molecule is CCC(CO)NC(=O)c1ccc(S(=O)(=O)Cc2c(OC(Cn3ccnc3)c3ccccc3)ccc3c2CCCC3=O)cc1. The van der Waals surface area contributed by atoms with E-state index in [1.54, 1.807) is 24.7 Å². The summed E-state index contributed by atoms with van der Waals surface area (Å²) in [6.07, 6.45) is 6.98. The fourth-order valence-electron chi connectivity index (χ4n) is 5.30. The summed E-state index contributed by atoms with van der Waals surface area (Å²) in [5, 5.41) is 12.1. The zero-order chi connectivity index (χ0) is 30.4. The fraction of sp³-hybridized carbons (Fsp3) is 0.303. The van der Waals surface area contributed by atoms with Crippen molar-refractivity contribution in [3.63, 3.8) is 0 Å². The van der Waals surface area contributed by atoms with Crippen LogP contribution in [0.15, 0.2) is 90.3 Å². The number of hydrogen-bond donors (Lipinski definition) is 2. The lowest BCUT2D eigenvalue weighted by Crippen LogP contribution is -2.36. The van der Waals surface area contributed by atoms with Gasteiger partial charge in [-0.15, -0.1) is 0 Å². The van der Waals surface area contributed by atoms with Crippen molar-refractivity contribution in [2.24, 2.45) is 0 Å². The lowest BCUT2D eigenvalue weighted by atomic mass is 9.87. The number of sulfone groups is 1. The summed E-state index contributed by atoms with van der Waals surface area (Å²) < 4.78 is 36.1. The molecule has 224 valence electrons. The van der Waals surface area contributed by atoms with Crippen LogP contribution in [0.4, 0.5) is 0 Å². The second-order valence-corrected chi connectivity index (χ2v) is 12.7. The molecule has 1 aliphatic rings. The number of ketones is 1. The van der Waals surface area contributed by atoms with Crippen LogP contribution in [0, 0.1) is 0 Å². The quantitative estimate of drug-likeness (QED) is 0.241. The number of hydrogen-bond acceptors (Lipinski definition) is 7. The van der Waals surface area contributed by atoms with Gasteiger partial charge in [-0.05, 0) is 66.8 Å². The molecule has 1 amide bonds. The van der Waals surface area contributed by atoms with E-state index in [9.17, 15) is 23.1 Å². The van der Waals surface area contributed by atoms with Gasteiger partial charge in [0.05, 0.1) is 36.2 Å². The Morgan fingerprint density at radius 1 is 1.07 bits per heavy atom. The van der Waals surface area contributed by atoms with E-state index in [4.69, 9.17) is 4.74 Å². The molecule has 0 saturated carbocycles. The van der Waals surface area contributed by atoms with E-state index < -0.39 is 15.9 Å². The minimum absolute atomic E-state index is 0.00639. The van der Waals surface area contributed by atoms with Crippen LogP contribution >= 0.6 is 0 Å². The van der Waals surface area contributed by atoms with Crippen LogP contribution in [-0.2, 0) is 28.6 Å². The van der Waals surface area contributed by atoms with Crippen LogP contribution in [0.2, 0.25) is 0 Å². The highest BCUT2D eigenvalue weighted by Crippen LogP contribution is 2.36. The lowest BCUT2D eigenvalue weighted by molar-refractivity contribution is 0.0914. The number of aromatic nitrogens is 2. The molecule has 0 fully saturated rings. The molecule has 4 aromatic rings. The van der Waals surface area contributed by atoms with E-state index in [0.717, 1.165) is 5.56 Å². The van der Waals surface area contributed by atoms with E-state index in [-0.39, 0.29) is 35.0 Å². The Hall–Kier alpha value is -4.28. The molecule has 1 heterocycles. The molecular weight excluding hydrogens is 566 g/mol. The first-order chi connectivity index (χ1) is 20.8. The van der Waals surface area contributed by atoms with Gasteiger partial charge >= 0.3 is 0 Å². The number of rotatable bonds is 12. The maximum absolute atomic E-state index is 13.8. The van der Waals surface area contributed by atoms with Crippen LogP contribution in [0.3, 0.4) is 0 Å². The summed E-state index contributed by atoms with van der Waals surface area (Å²) in [6, 6.07) is 18.5. The van der Waals surface area contributed by atoms with Crippen molar-refractivity contribution in [1.82, 2.24) is 14.9 Å². The van der Waals surface area contributed by atoms with E-state index in [1.807, 2.05) is 48.0 Å². The van der Waals surface area contributed by atoms with Crippen LogP contribution < -0.4 is 10.1 Å². The Balaban J connectivity index is 1.48. The lowest BCUT2D eigenvalue weighted by Gasteiger charge is -2.25. The van der Waals surface area contributed by atoms with Crippen molar-refractivity contribution in [2.45, 2.75) is 61.9 Å². The number of carbonyl (C=O) groups excluding carboxylic acids is 2. The highest BCUT2D eigenvalue weighted by Gasteiger charge is 2.28. The molecule has 2 unspecified atom stereocenters. The van der Waals surface area contributed by atoms with Gasteiger partial charge in [0.1, 0.15) is 11.9 Å². The number of Topliss-reactive ketones (excluding diaryl/α,β-unsaturated/α-hetero) is 1. The molecule has 0 spiro atoms. The first-order valence-corrected chi connectivity index (χ1v) is 16.0. The summed E-state index contributed by atoms with van der Waals surface area (Å²) in [5.41, 5.74) is 2.93. The molecule has 5 rings (SSSR count). The predicted molar refractivity (Wildman–Crippen MR) is 162 cm³/mol. The zero-order valence-electron chi connectivity index (χ0n) is 24.0. The van der Waals surface area contributed by atoms with Crippen molar-refractivity contribution >= 4 is 21.5 Å². The second-order valence-electron chi connectivity index (χ2n) is 10.7. The Morgan fingerprint density at radius 2 is 1.84 bits per heavy atom. The molecule has 3 aromatic carbocycles. The maximum Gasteiger partial charge on any atom is 0.251 e. The molecule has 1 aromatic heterocycles. The van der Waals surface area contributed by atoms with Gasteiger partial charge in [0.25, 0.3) is 5.91 Å². The molecule has 10 heteroatoms. The van der Waals surface area contributed by atoms with Gasteiger partial charge in [0, 0.05) is 35.5 Å². The molecule has 2 N–H and O–H groups in total. The highest BCUT2D eigenvalue weighted by atomic mass is 32.2. The zero-order valence-corrected chi connectivity index (χ0v) is 24.8. The largest absolute Gasteiger partial charge is 0.484 e. The van der Waals surface area contributed by atoms with Gasteiger partial charge in [0.15, 0.2) is 15.6 Å². The summed E-state index contributed by atoms with van der Waals surface area (Å²) in [7, 11) is -3.89. The molecule has 0 saturated heterocycles. The highest BCUT2D eigenvalue weighted by molar-refractivity contribution is 7.90. The van der Waals surface area contributed by atoms with Crippen molar-refractivity contribution < 1.29 is 27.9 Å². The van der Waals surface area contributed by atoms with Gasteiger partial charge in [-0.25, -0.2) is 13.4 Å². The third kappa shape index (κ3) is 7.03. The summed E-state index contributed by atoms with van der Waals surface area (Å²) in [4.78, 5) is 29.6. The maximum atomic E-state index is 13.8. The topological polar surface area (TPSA) is 128 Å². The number of ether oxygens (including phenoxy) is 1. The van der Waals surface area contributed by atoms with Gasteiger partial charge in [-0.3, -0.25) is 9.59 Å². The monoisotopic (exact) mass is 601 g/mol. The molecule has 0 radical (unpaired) electrons. The molecule has 0 bridgehead atoms. The van der Waals surface area contributed by atoms with E-state index in [2.05, 4.69) is 10.3 Å². The smallest absolute Gasteiger partial charge is 0.251 e. The minimum Gasteiger partial charge on any atom is -0.484 e. The van der Waals surface area contributed by atoms with Crippen LogP contribution in [0.25, 0.3) is 0 Å². The molecule has 9 nitrogen and oxygen atoms in total. The Bertz CT molecular complexity index is 1670. The van der Waals surface area contributed by atoms with Gasteiger partial charge < -0.3 is 19.7 Å². The van der Waals surface area contributed by atoms with E-state index in [0.29, 0.717) is 60.2 Å². The molecule has 0 aliphatic heterocycles. The number of benzene rings is 3. The van der Waals surface area contributed by atoms with Gasteiger partial charge in [-0.1, -0.05) is 37.3 Å².